The van der Waals surface area contributed by atoms with E-state index in [1.165, 1.54) is 0 Å². The molecule has 2 N–H and O–H groups in total. The molecule has 2 aromatic carbocycles. The van der Waals surface area contributed by atoms with E-state index in [4.69, 9.17) is 27.9 Å². The van der Waals surface area contributed by atoms with Crippen LogP contribution in [0.15, 0.2) is 66.7 Å². The van der Waals surface area contributed by atoms with Crippen molar-refractivity contribution in [2.75, 3.05) is 5.32 Å². The van der Waals surface area contributed by atoms with Gasteiger partial charge >= 0.3 is 0 Å². The highest BCUT2D eigenvalue weighted by molar-refractivity contribution is 6.35. The van der Waals surface area contributed by atoms with E-state index in [2.05, 4.69) is 44.5 Å². The second-order valence-corrected chi connectivity index (χ2v) is 9.20. The molecule has 0 saturated carbocycles. The minimum Gasteiger partial charge on any atom is -0.490 e. The van der Waals surface area contributed by atoms with Gasteiger partial charge in [-0.15, -0.1) is 0 Å². The van der Waals surface area contributed by atoms with Crippen molar-refractivity contribution in [3.8, 4) is 11.8 Å². The molecule has 0 fully saturated rings. The number of anilines is 1. The Balaban J connectivity index is 1.31. The maximum Gasteiger partial charge on any atom is 0.123 e. The third kappa shape index (κ3) is 5.98. The summed E-state index contributed by atoms with van der Waals surface area (Å²) in [5.74, 6) is 7.08. The summed E-state index contributed by atoms with van der Waals surface area (Å²) in [5, 5.41) is 11.7. The average Bonchev–Trinajstić information content (AvgIpc) is 3.16. The van der Waals surface area contributed by atoms with Crippen LogP contribution in [0.25, 0.3) is 12.2 Å². The van der Waals surface area contributed by atoms with Gasteiger partial charge in [0.15, 0.2) is 0 Å². The first-order valence-corrected chi connectivity index (χ1v) is 12.5. The van der Waals surface area contributed by atoms with Gasteiger partial charge in [-0.1, -0.05) is 65.5 Å². The maximum absolute atomic E-state index is 6.32. The monoisotopic (exact) mass is 524 g/mol. The van der Waals surface area contributed by atoms with Crippen molar-refractivity contribution in [1.82, 2.24) is 15.2 Å². The van der Waals surface area contributed by atoms with Crippen LogP contribution in [0.1, 0.15) is 53.1 Å². The molecule has 1 atom stereocenters. The van der Waals surface area contributed by atoms with Crippen LogP contribution in [0.4, 0.5) is 5.69 Å². The lowest BCUT2D eigenvalue weighted by atomic mass is 10.1. The van der Waals surface area contributed by atoms with E-state index in [1.54, 1.807) is 12.4 Å². The van der Waals surface area contributed by atoms with Crippen LogP contribution < -0.4 is 5.32 Å². The summed E-state index contributed by atoms with van der Waals surface area (Å²) in [6.45, 7) is 2.57. The number of hydrogen-bond donors (Lipinski definition) is 2. The third-order valence-electron chi connectivity index (χ3n) is 5.75. The van der Waals surface area contributed by atoms with E-state index in [0.717, 1.165) is 33.8 Å². The molecule has 1 unspecified atom stereocenters. The highest BCUT2D eigenvalue weighted by atomic mass is 35.5. The van der Waals surface area contributed by atoms with Crippen LogP contribution in [0, 0.1) is 24.0 Å². The fraction of sp³-hybridized carbons (Fsp3) is 0.133. The summed E-state index contributed by atoms with van der Waals surface area (Å²) < 4.78 is 6.24. The molecule has 5 rings (SSSR count). The van der Waals surface area contributed by atoms with Gasteiger partial charge in [0.05, 0.1) is 21.3 Å². The Morgan fingerprint density at radius 3 is 2.65 bits per heavy atom. The Bertz CT molecular complexity index is 1490. The van der Waals surface area contributed by atoms with Crippen molar-refractivity contribution in [3.05, 3.63) is 123 Å². The van der Waals surface area contributed by atoms with Gasteiger partial charge in [-0.25, -0.2) is 0 Å². The first-order valence-electron chi connectivity index (χ1n) is 11.7. The van der Waals surface area contributed by atoms with Gasteiger partial charge < -0.3 is 10.1 Å². The van der Waals surface area contributed by atoms with Crippen molar-refractivity contribution >= 4 is 41.0 Å². The first-order chi connectivity index (χ1) is 18.1. The van der Waals surface area contributed by atoms with Gasteiger partial charge in [0, 0.05) is 47.7 Å². The SMILES string of the molecule is CC(OC1=Cc2c(n[nH]c2C#Cc2c#cc(CNc3ccccc3)cc2)C=CC1)c1c(Cl)cncc1Cl. The molecule has 0 radical (unpaired) electrons. The van der Waals surface area contributed by atoms with Gasteiger partial charge in [0.25, 0.3) is 0 Å². The normalized spacial score (nSPS) is 12.8. The number of pyridine rings is 1. The zero-order chi connectivity index (χ0) is 25.6. The topological polar surface area (TPSA) is 62.8 Å². The number of nitrogens with one attached hydrogen (secondary N) is 2. The van der Waals surface area contributed by atoms with Crippen molar-refractivity contribution in [1.29, 1.82) is 0 Å². The summed E-state index contributed by atoms with van der Waals surface area (Å²) in [6, 6.07) is 20.3. The van der Waals surface area contributed by atoms with Gasteiger partial charge in [-0.05, 0) is 49.3 Å². The number of para-hydroxylation sites is 1. The molecular formula is C30H22Cl2N4O. The van der Waals surface area contributed by atoms with Crippen molar-refractivity contribution in [2.24, 2.45) is 0 Å². The summed E-state index contributed by atoms with van der Waals surface area (Å²) in [6.07, 6.45) is 9.29. The number of benzene rings is 1. The number of rotatable bonds is 6. The van der Waals surface area contributed by atoms with E-state index in [1.807, 2.05) is 67.6 Å². The van der Waals surface area contributed by atoms with E-state index in [-0.39, 0.29) is 6.10 Å². The van der Waals surface area contributed by atoms with Crippen molar-refractivity contribution in [3.63, 3.8) is 0 Å². The van der Waals surface area contributed by atoms with Gasteiger partial charge in [0.2, 0.25) is 0 Å². The number of ether oxygens (including phenoxy) is 1. The van der Waals surface area contributed by atoms with Crippen LogP contribution in [-0.4, -0.2) is 15.2 Å². The number of H-pyrrole nitrogens is 1. The Kier molecular flexibility index (Phi) is 7.47. The fourth-order valence-electron chi connectivity index (χ4n) is 3.89. The number of nitrogens with zero attached hydrogens (tertiary/aromatic N) is 2. The maximum atomic E-state index is 6.32. The molecule has 0 bridgehead atoms. The molecule has 2 heterocycles. The minimum absolute atomic E-state index is 0.356. The molecule has 37 heavy (non-hydrogen) atoms. The number of hydrogen-bond acceptors (Lipinski definition) is 4. The van der Waals surface area contributed by atoms with E-state index < -0.39 is 0 Å². The molecule has 1 aliphatic rings. The van der Waals surface area contributed by atoms with Crippen LogP contribution in [-0.2, 0) is 11.3 Å². The molecular weight excluding hydrogens is 503 g/mol. The van der Waals surface area contributed by atoms with Gasteiger partial charge in [-0.2, -0.15) is 5.10 Å². The van der Waals surface area contributed by atoms with Crippen molar-refractivity contribution in [2.45, 2.75) is 26.0 Å². The molecule has 4 aromatic rings. The van der Waals surface area contributed by atoms with E-state index in [0.29, 0.717) is 34.3 Å². The van der Waals surface area contributed by atoms with Crippen LogP contribution in [0.2, 0.25) is 10.0 Å². The summed E-state index contributed by atoms with van der Waals surface area (Å²) in [7, 11) is 0. The predicted molar refractivity (Wildman–Crippen MR) is 148 cm³/mol. The average molecular weight is 525 g/mol. The number of aromatic amines is 1. The molecule has 182 valence electrons. The summed E-state index contributed by atoms with van der Waals surface area (Å²) in [5.41, 5.74) is 5.87. The number of aromatic nitrogens is 3. The molecule has 5 nitrogen and oxygen atoms in total. The first kappa shape index (κ1) is 24.5. The molecule has 0 saturated heterocycles. The number of fused-ring (bicyclic) bond motifs is 1. The van der Waals surface area contributed by atoms with Crippen LogP contribution in [0.3, 0.4) is 0 Å². The lowest BCUT2D eigenvalue weighted by Gasteiger charge is -2.19. The molecule has 7 heteroatoms. The smallest absolute Gasteiger partial charge is 0.123 e. The van der Waals surface area contributed by atoms with E-state index in [9.17, 15) is 0 Å². The molecule has 0 amide bonds. The van der Waals surface area contributed by atoms with Crippen LogP contribution >= 0.6 is 23.2 Å². The Labute approximate surface area is 226 Å². The molecule has 0 spiro atoms. The minimum atomic E-state index is -0.356. The largest absolute Gasteiger partial charge is 0.490 e. The number of halogens is 2. The van der Waals surface area contributed by atoms with Crippen molar-refractivity contribution < 1.29 is 4.74 Å². The van der Waals surface area contributed by atoms with Gasteiger partial charge in [0.1, 0.15) is 17.6 Å². The zero-order valence-electron chi connectivity index (χ0n) is 20.0. The molecule has 0 aliphatic heterocycles. The Morgan fingerprint density at radius 2 is 1.89 bits per heavy atom. The highest BCUT2D eigenvalue weighted by Gasteiger charge is 2.19. The second-order valence-electron chi connectivity index (χ2n) is 8.38. The lowest BCUT2D eigenvalue weighted by molar-refractivity contribution is 0.132. The lowest BCUT2D eigenvalue weighted by Crippen LogP contribution is -2.02. The Morgan fingerprint density at radius 1 is 1.08 bits per heavy atom. The summed E-state index contributed by atoms with van der Waals surface area (Å²) in [4.78, 5) is 4.01. The van der Waals surface area contributed by atoms with E-state index >= 15 is 0 Å². The fourth-order valence-corrected chi connectivity index (χ4v) is 4.56. The summed E-state index contributed by atoms with van der Waals surface area (Å²) >= 11 is 12.6. The molecule has 2 aromatic heterocycles. The Hall–Kier alpha value is -4.16. The van der Waals surface area contributed by atoms with Crippen LogP contribution in [0.5, 0.6) is 0 Å². The second kappa shape index (κ2) is 11.3. The molecule has 1 aliphatic carbocycles. The van der Waals surface area contributed by atoms with Gasteiger partial charge in [-0.3, -0.25) is 10.1 Å². The highest BCUT2D eigenvalue weighted by Crippen LogP contribution is 2.34. The third-order valence-corrected chi connectivity index (χ3v) is 6.35. The standard InChI is InChI=1S/C30H22Cl2N4O/c1-20(30-26(31)18-33-19-27(30)32)37-24-8-5-9-28-25(16-24)29(36-35-28)15-14-21-10-12-22(13-11-21)17-34-23-6-3-2-4-7-23/h2-7,9-10,12,16,18-20,34H,8,17H2,1H3,(H,35,36). The number of allylic oxidation sites excluding steroid dienone is 1. The quantitative estimate of drug-likeness (QED) is 0.260. The zero-order valence-corrected chi connectivity index (χ0v) is 21.5. The predicted octanol–water partition coefficient (Wildman–Crippen LogP) is 7.26.